The summed E-state index contributed by atoms with van der Waals surface area (Å²) in [5.41, 5.74) is 0.319. The molecule has 7 nitrogen and oxygen atoms in total. The van der Waals surface area contributed by atoms with Gasteiger partial charge in [0.25, 0.3) is 0 Å². The van der Waals surface area contributed by atoms with E-state index < -0.39 is 10.2 Å². The molecule has 1 saturated heterocycles. The number of piperidine rings is 1. The summed E-state index contributed by atoms with van der Waals surface area (Å²) >= 11 is 0. The molecule has 0 saturated carbocycles. The van der Waals surface area contributed by atoms with Crippen molar-refractivity contribution in [1.82, 2.24) is 14.3 Å². The largest absolute Gasteiger partial charge is 0.395 e. The summed E-state index contributed by atoms with van der Waals surface area (Å²) in [5, 5.41) is 9.23. The number of hydrogen-bond acceptors (Lipinski definition) is 5. The zero-order chi connectivity index (χ0) is 13.0. The number of hydrogen-bond donors (Lipinski definition) is 2. The third-order valence-corrected chi connectivity index (χ3v) is 4.49. The van der Waals surface area contributed by atoms with Gasteiger partial charge in [-0.2, -0.15) is 12.7 Å². The molecular weight excluding hydrogens is 256 g/mol. The van der Waals surface area contributed by atoms with Gasteiger partial charge >= 0.3 is 10.2 Å². The Kier molecular flexibility index (Phi) is 4.10. The number of aliphatic hydroxyl groups excluding tert-OH is 1. The Hall–Kier alpha value is -1.25. The number of aromatic nitrogens is 2. The maximum Gasteiger partial charge on any atom is 0.302 e. The monoisotopic (exact) mass is 272 g/mol. The third-order valence-electron chi connectivity index (χ3n) is 2.90. The molecule has 100 valence electrons. The first-order chi connectivity index (χ1) is 8.63. The summed E-state index contributed by atoms with van der Waals surface area (Å²) in [5.74, 6) is 0. The fraction of sp³-hybridized carbons (Fsp3) is 0.600. The first-order valence-electron chi connectivity index (χ1n) is 5.79. The van der Waals surface area contributed by atoms with E-state index in [9.17, 15) is 13.5 Å². The minimum absolute atomic E-state index is 0.161. The van der Waals surface area contributed by atoms with Crippen molar-refractivity contribution in [3.05, 3.63) is 18.7 Å². The van der Waals surface area contributed by atoms with E-state index in [1.165, 1.54) is 23.0 Å². The van der Waals surface area contributed by atoms with E-state index in [4.69, 9.17) is 0 Å². The van der Waals surface area contributed by atoms with Crippen LogP contribution in [0.15, 0.2) is 18.7 Å². The molecule has 1 aliphatic heterocycles. The van der Waals surface area contributed by atoms with Crippen LogP contribution in [0.2, 0.25) is 0 Å². The molecule has 1 aliphatic rings. The average Bonchev–Trinajstić information content (AvgIpc) is 2.39. The molecule has 1 unspecified atom stereocenters. The van der Waals surface area contributed by atoms with Crippen LogP contribution in [0.3, 0.4) is 0 Å². The number of nitrogens with one attached hydrogen (secondary N) is 1. The molecule has 2 N–H and O–H groups in total. The lowest BCUT2D eigenvalue weighted by Crippen LogP contribution is -2.47. The fourth-order valence-corrected chi connectivity index (χ4v) is 3.49. The van der Waals surface area contributed by atoms with Gasteiger partial charge in [-0.3, -0.25) is 4.72 Å². The molecular formula is C10H16N4O3S. The molecule has 2 heterocycles. The summed E-state index contributed by atoms with van der Waals surface area (Å²) in [6.07, 6.45) is 6.54. The smallest absolute Gasteiger partial charge is 0.302 e. The number of nitrogens with zero attached hydrogens (tertiary/aromatic N) is 3. The molecule has 1 atom stereocenters. The van der Waals surface area contributed by atoms with Gasteiger partial charge in [0.2, 0.25) is 0 Å². The van der Waals surface area contributed by atoms with Crippen LogP contribution in [0.5, 0.6) is 0 Å². The second-order valence-electron chi connectivity index (χ2n) is 4.18. The summed E-state index contributed by atoms with van der Waals surface area (Å²) in [6.45, 7) is 0.264. The van der Waals surface area contributed by atoms with E-state index in [1.54, 1.807) is 0 Å². The lowest BCUT2D eigenvalue weighted by molar-refractivity contribution is 0.156. The summed E-state index contributed by atoms with van der Waals surface area (Å²) in [7, 11) is -3.65. The number of rotatable bonds is 4. The zero-order valence-corrected chi connectivity index (χ0v) is 10.7. The molecule has 18 heavy (non-hydrogen) atoms. The van der Waals surface area contributed by atoms with Gasteiger partial charge in [-0.15, -0.1) is 0 Å². The first kappa shape index (κ1) is 13.2. The lowest BCUT2D eigenvalue weighted by Gasteiger charge is -2.33. The Bertz CT molecular complexity index is 479. The Morgan fingerprint density at radius 3 is 2.78 bits per heavy atom. The zero-order valence-electron chi connectivity index (χ0n) is 9.86. The molecule has 0 bridgehead atoms. The lowest BCUT2D eigenvalue weighted by atomic mass is 10.1. The summed E-state index contributed by atoms with van der Waals surface area (Å²) < 4.78 is 28.1. The van der Waals surface area contributed by atoms with Crippen molar-refractivity contribution < 1.29 is 13.5 Å². The summed E-state index contributed by atoms with van der Waals surface area (Å²) in [6, 6.07) is -0.346. The number of aliphatic hydroxyl groups is 1. The van der Waals surface area contributed by atoms with E-state index in [2.05, 4.69) is 14.7 Å². The van der Waals surface area contributed by atoms with Gasteiger partial charge in [0.05, 0.1) is 24.7 Å². The van der Waals surface area contributed by atoms with E-state index >= 15 is 0 Å². The van der Waals surface area contributed by atoms with Crippen molar-refractivity contribution in [2.45, 2.75) is 25.3 Å². The van der Waals surface area contributed by atoms with E-state index in [0.29, 0.717) is 18.7 Å². The van der Waals surface area contributed by atoms with Crippen LogP contribution in [-0.4, -0.2) is 47.0 Å². The standard InChI is InChI=1S/C10H16N4O3S/c15-7-10-3-1-2-4-14(10)18(16,17)13-9-5-11-8-12-6-9/h5-6,8,10,13,15H,1-4,7H2. The van der Waals surface area contributed by atoms with E-state index in [0.717, 1.165) is 12.8 Å². The molecule has 0 amide bonds. The van der Waals surface area contributed by atoms with Gasteiger partial charge in [0, 0.05) is 12.6 Å². The van der Waals surface area contributed by atoms with Gasteiger partial charge in [-0.25, -0.2) is 9.97 Å². The maximum atomic E-state index is 12.2. The molecule has 8 heteroatoms. The minimum atomic E-state index is -3.65. The molecule has 1 aromatic rings. The first-order valence-corrected chi connectivity index (χ1v) is 7.23. The van der Waals surface area contributed by atoms with E-state index in [-0.39, 0.29) is 12.6 Å². The van der Waals surface area contributed by atoms with Gasteiger partial charge < -0.3 is 5.11 Å². The van der Waals surface area contributed by atoms with Crippen molar-refractivity contribution in [2.24, 2.45) is 0 Å². The van der Waals surface area contributed by atoms with Crippen molar-refractivity contribution in [3.63, 3.8) is 0 Å². The van der Waals surface area contributed by atoms with Crippen LogP contribution in [0.1, 0.15) is 19.3 Å². The molecule has 1 fully saturated rings. The van der Waals surface area contributed by atoms with Gasteiger partial charge in [0.15, 0.2) is 0 Å². The highest BCUT2D eigenvalue weighted by atomic mass is 32.2. The third kappa shape index (κ3) is 2.95. The highest BCUT2D eigenvalue weighted by molar-refractivity contribution is 7.90. The molecule has 1 aromatic heterocycles. The quantitative estimate of drug-likeness (QED) is 0.803. The predicted molar refractivity (Wildman–Crippen MR) is 66.0 cm³/mol. The average molecular weight is 272 g/mol. The topological polar surface area (TPSA) is 95.4 Å². The normalized spacial score (nSPS) is 21.7. The Balaban J connectivity index is 2.14. The van der Waals surface area contributed by atoms with Gasteiger partial charge in [-0.1, -0.05) is 6.42 Å². The van der Waals surface area contributed by atoms with Crippen LogP contribution in [0.4, 0.5) is 5.69 Å². The highest BCUT2D eigenvalue weighted by Gasteiger charge is 2.31. The van der Waals surface area contributed by atoms with Crippen LogP contribution < -0.4 is 4.72 Å². The summed E-state index contributed by atoms with van der Waals surface area (Å²) in [4.78, 5) is 7.49. The highest BCUT2D eigenvalue weighted by Crippen LogP contribution is 2.21. The second-order valence-corrected chi connectivity index (χ2v) is 5.80. The molecule has 0 aliphatic carbocycles. The van der Waals surface area contributed by atoms with Crippen molar-refractivity contribution in [2.75, 3.05) is 17.9 Å². The fourth-order valence-electron chi connectivity index (χ4n) is 2.03. The van der Waals surface area contributed by atoms with Crippen LogP contribution in [0.25, 0.3) is 0 Å². The SMILES string of the molecule is O=S(=O)(Nc1cncnc1)N1CCCCC1CO. The van der Waals surface area contributed by atoms with Crippen LogP contribution in [-0.2, 0) is 10.2 Å². The Morgan fingerprint density at radius 1 is 1.39 bits per heavy atom. The van der Waals surface area contributed by atoms with Gasteiger partial charge in [0.1, 0.15) is 6.33 Å². The molecule has 0 spiro atoms. The van der Waals surface area contributed by atoms with Gasteiger partial charge in [-0.05, 0) is 12.8 Å². The molecule has 0 radical (unpaired) electrons. The van der Waals surface area contributed by atoms with Crippen LogP contribution >= 0.6 is 0 Å². The van der Waals surface area contributed by atoms with Crippen molar-refractivity contribution in [1.29, 1.82) is 0 Å². The van der Waals surface area contributed by atoms with Crippen molar-refractivity contribution >= 4 is 15.9 Å². The Morgan fingerprint density at radius 2 is 2.11 bits per heavy atom. The molecule has 2 rings (SSSR count). The van der Waals surface area contributed by atoms with Crippen molar-refractivity contribution in [3.8, 4) is 0 Å². The Labute approximate surface area is 106 Å². The predicted octanol–water partition coefficient (Wildman–Crippen LogP) is -0.0199. The number of anilines is 1. The van der Waals surface area contributed by atoms with Crippen LogP contribution in [0, 0.1) is 0 Å². The van der Waals surface area contributed by atoms with E-state index in [1.807, 2.05) is 0 Å². The molecule has 0 aromatic carbocycles. The second kappa shape index (κ2) is 5.59. The maximum absolute atomic E-state index is 12.2. The minimum Gasteiger partial charge on any atom is -0.395 e.